The lowest BCUT2D eigenvalue weighted by atomic mass is 9.74. The first-order valence-electron chi connectivity index (χ1n) is 7.17. The molecule has 2 unspecified atom stereocenters. The van der Waals surface area contributed by atoms with Crippen LogP contribution in [0.25, 0.3) is 0 Å². The molecule has 17 heavy (non-hydrogen) atoms. The van der Waals surface area contributed by atoms with Gasteiger partial charge in [-0.25, -0.2) is 0 Å². The highest BCUT2D eigenvalue weighted by atomic mass is 16.5. The number of likely N-dealkylation sites (tertiary alicyclic amines) is 1. The number of likely N-dealkylation sites (N-methyl/N-ethyl adjacent to an activating group) is 1. The minimum Gasteiger partial charge on any atom is -0.388 e. The molecule has 3 aliphatic rings. The van der Waals surface area contributed by atoms with Crippen LogP contribution in [-0.4, -0.2) is 48.0 Å². The molecule has 98 valence electrons. The molecule has 0 aromatic rings. The third-order valence-electron chi connectivity index (χ3n) is 5.24. The second-order valence-electron chi connectivity index (χ2n) is 6.52. The molecule has 2 atom stereocenters. The molecule has 0 aromatic carbocycles. The fourth-order valence-corrected chi connectivity index (χ4v) is 4.20. The van der Waals surface area contributed by atoms with Crippen LogP contribution in [0.3, 0.4) is 0 Å². The van der Waals surface area contributed by atoms with E-state index in [0.29, 0.717) is 5.92 Å². The molecule has 0 aromatic heterocycles. The van der Waals surface area contributed by atoms with Gasteiger partial charge < -0.3 is 14.7 Å². The van der Waals surface area contributed by atoms with Crippen molar-refractivity contribution in [1.82, 2.24) is 4.90 Å². The summed E-state index contributed by atoms with van der Waals surface area (Å²) in [6, 6.07) is 0. The van der Waals surface area contributed by atoms with Crippen molar-refractivity contribution < 1.29 is 9.84 Å². The Bertz CT molecular complexity index is 288. The molecule has 0 radical (unpaired) electrons. The minimum atomic E-state index is -0.436. The number of rotatable bonds is 1. The van der Waals surface area contributed by atoms with E-state index in [1.165, 1.54) is 25.7 Å². The number of β-amino-alcohol motifs (C(OH)–C–C–N with tert-alkyl or cyclic N) is 1. The SMILES string of the molecule is CN1CCC(O)(C2CCOC3(CCCC3)C2)C1. The molecule has 1 saturated carbocycles. The predicted octanol–water partition coefficient (Wildman–Crippen LogP) is 1.79. The number of ether oxygens (including phenoxy) is 1. The van der Waals surface area contributed by atoms with Crippen molar-refractivity contribution in [3.8, 4) is 0 Å². The Labute approximate surface area is 104 Å². The fourth-order valence-electron chi connectivity index (χ4n) is 4.20. The van der Waals surface area contributed by atoms with Crippen molar-refractivity contribution in [1.29, 1.82) is 0 Å². The molecule has 2 heterocycles. The normalized spacial score (nSPS) is 42.4. The molecule has 0 bridgehead atoms. The van der Waals surface area contributed by atoms with Gasteiger partial charge in [-0.15, -0.1) is 0 Å². The Morgan fingerprint density at radius 2 is 2.00 bits per heavy atom. The number of hydrogen-bond donors (Lipinski definition) is 1. The van der Waals surface area contributed by atoms with Crippen LogP contribution in [0.15, 0.2) is 0 Å². The largest absolute Gasteiger partial charge is 0.388 e. The average Bonchev–Trinajstić information content (AvgIpc) is 2.88. The molecule has 2 aliphatic heterocycles. The summed E-state index contributed by atoms with van der Waals surface area (Å²) in [5.41, 5.74) is -0.298. The van der Waals surface area contributed by atoms with Gasteiger partial charge in [0.1, 0.15) is 0 Å². The maximum absolute atomic E-state index is 10.8. The van der Waals surface area contributed by atoms with E-state index in [0.717, 1.165) is 39.0 Å². The van der Waals surface area contributed by atoms with Crippen LogP contribution >= 0.6 is 0 Å². The van der Waals surface area contributed by atoms with Crippen LogP contribution in [0.5, 0.6) is 0 Å². The second kappa shape index (κ2) is 4.22. The zero-order valence-electron chi connectivity index (χ0n) is 11.0. The monoisotopic (exact) mass is 239 g/mol. The maximum Gasteiger partial charge on any atom is 0.0816 e. The fraction of sp³-hybridized carbons (Fsp3) is 1.00. The van der Waals surface area contributed by atoms with Gasteiger partial charge in [-0.2, -0.15) is 0 Å². The molecule has 3 heteroatoms. The highest BCUT2D eigenvalue weighted by Gasteiger charge is 2.48. The Morgan fingerprint density at radius 1 is 1.24 bits per heavy atom. The Morgan fingerprint density at radius 3 is 2.65 bits per heavy atom. The van der Waals surface area contributed by atoms with E-state index >= 15 is 0 Å². The van der Waals surface area contributed by atoms with Crippen molar-refractivity contribution >= 4 is 0 Å². The Hall–Kier alpha value is -0.120. The summed E-state index contributed by atoms with van der Waals surface area (Å²) in [5.74, 6) is 0.458. The Balaban J connectivity index is 1.71. The minimum absolute atomic E-state index is 0.139. The van der Waals surface area contributed by atoms with E-state index < -0.39 is 5.60 Å². The number of hydrogen-bond acceptors (Lipinski definition) is 3. The van der Waals surface area contributed by atoms with Crippen LogP contribution < -0.4 is 0 Å². The van der Waals surface area contributed by atoms with Gasteiger partial charge in [0.2, 0.25) is 0 Å². The highest BCUT2D eigenvalue weighted by Crippen LogP contribution is 2.46. The first-order valence-corrected chi connectivity index (χ1v) is 7.17. The zero-order chi connectivity index (χ0) is 11.9. The van der Waals surface area contributed by atoms with Crippen molar-refractivity contribution in [2.45, 2.75) is 56.1 Å². The van der Waals surface area contributed by atoms with Gasteiger partial charge in [-0.3, -0.25) is 0 Å². The summed E-state index contributed by atoms with van der Waals surface area (Å²) in [4.78, 5) is 2.26. The van der Waals surface area contributed by atoms with Crippen LogP contribution in [0.4, 0.5) is 0 Å². The van der Waals surface area contributed by atoms with E-state index in [-0.39, 0.29) is 5.60 Å². The van der Waals surface area contributed by atoms with Crippen LogP contribution in [0, 0.1) is 5.92 Å². The smallest absolute Gasteiger partial charge is 0.0816 e. The second-order valence-corrected chi connectivity index (χ2v) is 6.52. The van der Waals surface area contributed by atoms with Gasteiger partial charge >= 0.3 is 0 Å². The molecule has 3 nitrogen and oxygen atoms in total. The Kier molecular flexibility index (Phi) is 2.96. The average molecular weight is 239 g/mol. The molecule has 1 spiro atoms. The number of aliphatic hydroxyl groups is 1. The standard InChI is InChI=1S/C14H25NO2/c1-15-8-7-14(16,11-15)12-4-9-17-13(10-12)5-2-3-6-13/h12,16H,2-11H2,1H3. The van der Waals surface area contributed by atoms with E-state index in [1.54, 1.807) is 0 Å². The molecule has 1 aliphatic carbocycles. The molecular formula is C14H25NO2. The lowest BCUT2D eigenvalue weighted by molar-refractivity contribution is -0.136. The van der Waals surface area contributed by atoms with Crippen molar-refractivity contribution in [3.05, 3.63) is 0 Å². The van der Waals surface area contributed by atoms with Gasteiger partial charge in [0.25, 0.3) is 0 Å². The molecule has 3 fully saturated rings. The van der Waals surface area contributed by atoms with Crippen LogP contribution in [-0.2, 0) is 4.74 Å². The first kappa shape index (κ1) is 11.9. The van der Waals surface area contributed by atoms with E-state index in [1.807, 2.05) is 0 Å². The summed E-state index contributed by atoms with van der Waals surface area (Å²) < 4.78 is 6.06. The van der Waals surface area contributed by atoms with Gasteiger partial charge in [-0.05, 0) is 45.1 Å². The molecular weight excluding hydrogens is 214 g/mol. The van der Waals surface area contributed by atoms with Gasteiger partial charge in [-0.1, -0.05) is 12.8 Å². The van der Waals surface area contributed by atoms with E-state index in [2.05, 4.69) is 11.9 Å². The predicted molar refractivity (Wildman–Crippen MR) is 66.9 cm³/mol. The summed E-state index contributed by atoms with van der Waals surface area (Å²) in [5, 5.41) is 10.8. The van der Waals surface area contributed by atoms with E-state index in [9.17, 15) is 5.11 Å². The van der Waals surface area contributed by atoms with Crippen molar-refractivity contribution in [2.24, 2.45) is 5.92 Å². The van der Waals surface area contributed by atoms with Crippen molar-refractivity contribution in [3.63, 3.8) is 0 Å². The third kappa shape index (κ3) is 2.13. The highest BCUT2D eigenvalue weighted by molar-refractivity contribution is 5.01. The van der Waals surface area contributed by atoms with Crippen LogP contribution in [0.1, 0.15) is 44.9 Å². The summed E-state index contributed by atoms with van der Waals surface area (Å²) in [6.07, 6.45) is 8.15. The lowest BCUT2D eigenvalue weighted by Gasteiger charge is -2.44. The van der Waals surface area contributed by atoms with Gasteiger partial charge in [0.15, 0.2) is 0 Å². The molecule has 1 N–H and O–H groups in total. The topological polar surface area (TPSA) is 32.7 Å². The van der Waals surface area contributed by atoms with Crippen molar-refractivity contribution in [2.75, 3.05) is 26.7 Å². The van der Waals surface area contributed by atoms with Gasteiger partial charge in [0, 0.05) is 19.7 Å². The van der Waals surface area contributed by atoms with Gasteiger partial charge in [0.05, 0.1) is 11.2 Å². The quantitative estimate of drug-likeness (QED) is 0.757. The summed E-state index contributed by atoms with van der Waals surface area (Å²) >= 11 is 0. The molecule has 3 rings (SSSR count). The summed E-state index contributed by atoms with van der Waals surface area (Å²) in [7, 11) is 2.11. The molecule has 0 amide bonds. The lowest BCUT2D eigenvalue weighted by Crippen LogP contribution is -2.48. The summed E-state index contributed by atoms with van der Waals surface area (Å²) in [6.45, 7) is 2.76. The van der Waals surface area contributed by atoms with E-state index in [4.69, 9.17) is 4.74 Å². The first-order chi connectivity index (χ1) is 8.12. The van der Waals surface area contributed by atoms with Crippen LogP contribution in [0.2, 0.25) is 0 Å². The zero-order valence-corrected chi connectivity index (χ0v) is 11.0. The third-order valence-corrected chi connectivity index (χ3v) is 5.24. The number of nitrogens with zero attached hydrogens (tertiary/aromatic N) is 1. The molecule has 2 saturated heterocycles. The maximum atomic E-state index is 10.8.